The number of hydrogen-bond donors (Lipinski definition) is 0. The van der Waals surface area contributed by atoms with Crippen molar-refractivity contribution in [3.05, 3.63) is 18.7 Å². The lowest BCUT2D eigenvalue weighted by atomic mass is 9.84. The Kier molecular flexibility index (Phi) is 2.97. The van der Waals surface area contributed by atoms with E-state index in [4.69, 9.17) is 0 Å². The summed E-state index contributed by atoms with van der Waals surface area (Å²) >= 11 is 0. The van der Waals surface area contributed by atoms with Gasteiger partial charge in [-0.3, -0.25) is 9.69 Å². The minimum atomic E-state index is -0.187. The molecule has 0 radical (unpaired) electrons. The second-order valence-electron chi connectivity index (χ2n) is 6.34. The lowest BCUT2D eigenvalue weighted by Crippen LogP contribution is -2.42. The molecular formula is C15H20N4O2. The fraction of sp³-hybridized carbons (Fsp3) is 0.667. The largest absolute Gasteiger partial charge is 0.336 e. The lowest BCUT2D eigenvalue weighted by molar-refractivity contribution is -0.128. The van der Waals surface area contributed by atoms with Crippen molar-refractivity contribution < 1.29 is 9.59 Å². The molecule has 1 aliphatic carbocycles. The molecule has 2 saturated heterocycles. The molecule has 3 amide bonds. The summed E-state index contributed by atoms with van der Waals surface area (Å²) in [7, 11) is 0. The highest BCUT2D eigenvalue weighted by molar-refractivity contribution is 6.04. The first-order valence-electron chi connectivity index (χ1n) is 7.85. The van der Waals surface area contributed by atoms with Gasteiger partial charge >= 0.3 is 6.03 Å². The molecule has 3 aliphatic rings. The first-order chi connectivity index (χ1) is 10.3. The van der Waals surface area contributed by atoms with Gasteiger partial charge in [0, 0.05) is 31.5 Å². The Morgan fingerprint density at radius 3 is 2.86 bits per heavy atom. The molecule has 2 aliphatic heterocycles. The summed E-state index contributed by atoms with van der Waals surface area (Å²) in [6, 6.07) is 0.0475. The first-order valence-corrected chi connectivity index (χ1v) is 7.85. The minimum absolute atomic E-state index is 0.00881. The molecule has 6 nitrogen and oxygen atoms in total. The molecule has 6 heteroatoms. The van der Waals surface area contributed by atoms with Gasteiger partial charge in [-0.25, -0.2) is 9.78 Å². The maximum absolute atomic E-state index is 12.6. The Labute approximate surface area is 123 Å². The zero-order valence-corrected chi connectivity index (χ0v) is 12.0. The molecule has 0 N–H and O–H groups in total. The zero-order chi connectivity index (χ0) is 14.4. The maximum Gasteiger partial charge on any atom is 0.327 e. The summed E-state index contributed by atoms with van der Waals surface area (Å²) in [6.45, 7) is 1.06. The number of amides is 3. The van der Waals surface area contributed by atoms with Crippen LogP contribution in [0.1, 0.15) is 32.1 Å². The molecule has 0 aromatic carbocycles. The Bertz CT molecular complexity index is 556. The van der Waals surface area contributed by atoms with Crippen LogP contribution >= 0.6 is 0 Å². The number of nitrogens with zero attached hydrogens (tertiary/aromatic N) is 4. The average molecular weight is 288 g/mol. The summed E-state index contributed by atoms with van der Waals surface area (Å²) in [6.07, 6.45) is 10.8. The SMILES string of the molecule is O=C1[C@@H]2C[C@@H]3CCCC[C@@H]3N2C(=O)N1CCn1ccnc1. The van der Waals surface area contributed by atoms with Crippen LogP contribution in [0.4, 0.5) is 4.79 Å². The molecule has 0 spiro atoms. The fourth-order valence-electron chi connectivity index (χ4n) is 4.21. The number of carbonyl (C=O) groups excluding carboxylic acids is 2. The topological polar surface area (TPSA) is 58.4 Å². The highest BCUT2D eigenvalue weighted by Gasteiger charge is 2.55. The molecule has 3 heterocycles. The van der Waals surface area contributed by atoms with Crippen molar-refractivity contribution in [1.82, 2.24) is 19.4 Å². The van der Waals surface area contributed by atoms with Gasteiger partial charge in [0.15, 0.2) is 0 Å². The Morgan fingerprint density at radius 1 is 1.19 bits per heavy atom. The van der Waals surface area contributed by atoms with E-state index in [1.54, 1.807) is 12.5 Å². The van der Waals surface area contributed by atoms with Crippen LogP contribution in [-0.4, -0.2) is 49.9 Å². The van der Waals surface area contributed by atoms with Crippen molar-refractivity contribution in [3.8, 4) is 0 Å². The highest BCUT2D eigenvalue weighted by Crippen LogP contribution is 2.43. The van der Waals surface area contributed by atoms with Crippen molar-refractivity contribution in [2.45, 2.75) is 50.7 Å². The zero-order valence-electron chi connectivity index (χ0n) is 12.0. The van der Waals surface area contributed by atoms with E-state index in [9.17, 15) is 9.59 Å². The van der Waals surface area contributed by atoms with Gasteiger partial charge in [0.25, 0.3) is 5.91 Å². The Morgan fingerprint density at radius 2 is 2.05 bits per heavy atom. The molecule has 21 heavy (non-hydrogen) atoms. The van der Waals surface area contributed by atoms with Crippen molar-refractivity contribution in [3.63, 3.8) is 0 Å². The molecule has 3 fully saturated rings. The first kappa shape index (κ1) is 12.9. The van der Waals surface area contributed by atoms with E-state index < -0.39 is 0 Å². The minimum Gasteiger partial charge on any atom is -0.336 e. The van der Waals surface area contributed by atoms with Gasteiger partial charge in [-0.1, -0.05) is 12.8 Å². The summed E-state index contributed by atoms with van der Waals surface area (Å²) in [5.74, 6) is 0.557. The molecule has 1 aromatic rings. The second kappa shape index (κ2) is 4.86. The number of hydrogen-bond acceptors (Lipinski definition) is 3. The maximum atomic E-state index is 12.6. The summed E-state index contributed by atoms with van der Waals surface area (Å²) in [5.41, 5.74) is 0. The van der Waals surface area contributed by atoms with E-state index in [1.807, 2.05) is 15.7 Å². The third-order valence-corrected chi connectivity index (χ3v) is 5.23. The van der Waals surface area contributed by atoms with E-state index in [2.05, 4.69) is 4.98 Å². The smallest absolute Gasteiger partial charge is 0.327 e. The van der Waals surface area contributed by atoms with E-state index >= 15 is 0 Å². The molecule has 1 saturated carbocycles. The fourth-order valence-corrected chi connectivity index (χ4v) is 4.21. The molecular weight excluding hydrogens is 268 g/mol. The average Bonchev–Trinajstić information content (AvgIpc) is 3.17. The number of fused-ring (bicyclic) bond motifs is 3. The lowest BCUT2D eigenvalue weighted by Gasteiger charge is -2.31. The van der Waals surface area contributed by atoms with Gasteiger partial charge in [-0.05, 0) is 25.2 Å². The third-order valence-electron chi connectivity index (χ3n) is 5.23. The number of aromatic nitrogens is 2. The summed E-state index contributed by atoms with van der Waals surface area (Å²) in [4.78, 5) is 32.5. The van der Waals surface area contributed by atoms with E-state index in [1.165, 1.54) is 24.2 Å². The molecule has 0 unspecified atom stereocenters. The quantitative estimate of drug-likeness (QED) is 0.792. The summed E-state index contributed by atoms with van der Waals surface area (Å²) in [5, 5.41) is 0. The van der Waals surface area contributed by atoms with Crippen LogP contribution in [0.3, 0.4) is 0 Å². The van der Waals surface area contributed by atoms with Gasteiger partial charge < -0.3 is 9.47 Å². The highest BCUT2D eigenvalue weighted by atomic mass is 16.2. The van der Waals surface area contributed by atoms with Crippen molar-refractivity contribution >= 4 is 11.9 Å². The molecule has 112 valence electrons. The van der Waals surface area contributed by atoms with E-state index in [0.29, 0.717) is 25.0 Å². The van der Waals surface area contributed by atoms with Crippen molar-refractivity contribution in [1.29, 1.82) is 0 Å². The Hall–Kier alpha value is -1.85. The normalized spacial score (nSPS) is 31.7. The predicted molar refractivity (Wildman–Crippen MR) is 75.3 cm³/mol. The van der Waals surface area contributed by atoms with Gasteiger partial charge in [0.2, 0.25) is 0 Å². The molecule has 4 rings (SSSR count). The van der Waals surface area contributed by atoms with Crippen LogP contribution in [-0.2, 0) is 11.3 Å². The van der Waals surface area contributed by atoms with Crippen molar-refractivity contribution in [2.24, 2.45) is 5.92 Å². The van der Waals surface area contributed by atoms with Crippen LogP contribution in [0.2, 0.25) is 0 Å². The number of rotatable bonds is 3. The molecule has 3 atom stereocenters. The van der Waals surface area contributed by atoms with E-state index in [-0.39, 0.29) is 18.0 Å². The van der Waals surface area contributed by atoms with Gasteiger partial charge in [-0.15, -0.1) is 0 Å². The predicted octanol–water partition coefficient (Wildman–Crippen LogP) is 1.48. The monoisotopic (exact) mass is 288 g/mol. The Balaban J connectivity index is 1.49. The standard InChI is InChI=1S/C15H20N4O2/c20-14-13-9-11-3-1-2-4-12(11)19(13)15(21)18(14)8-7-17-6-5-16-10-17/h5-6,10-13H,1-4,7-9H2/t11-,12-,13-/m0/s1. The molecule has 0 bridgehead atoms. The van der Waals surface area contributed by atoms with E-state index in [0.717, 1.165) is 12.8 Å². The second-order valence-corrected chi connectivity index (χ2v) is 6.34. The number of imidazole rings is 1. The van der Waals surface area contributed by atoms with Crippen LogP contribution in [0, 0.1) is 5.92 Å². The van der Waals surface area contributed by atoms with Gasteiger partial charge in [-0.2, -0.15) is 0 Å². The number of urea groups is 1. The van der Waals surface area contributed by atoms with Crippen LogP contribution in [0.5, 0.6) is 0 Å². The van der Waals surface area contributed by atoms with Crippen LogP contribution in [0.15, 0.2) is 18.7 Å². The van der Waals surface area contributed by atoms with Gasteiger partial charge in [0.05, 0.1) is 6.33 Å². The van der Waals surface area contributed by atoms with Crippen LogP contribution in [0.25, 0.3) is 0 Å². The number of carbonyl (C=O) groups is 2. The third kappa shape index (κ3) is 1.96. The number of imide groups is 1. The van der Waals surface area contributed by atoms with Crippen molar-refractivity contribution in [2.75, 3.05) is 6.54 Å². The van der Waals surface area contributed by atoms with Gasteiger partial charge in [0.1, 0.15) is 6.04 Å². The van der Waals surface area contributed by atoms with Crippen LogP contribution < -0.4 is 0 Å². The summed E-state index contributed by atoms with van der Waals surface area (Å²) < 4.78 is 1.90. The molecule has 1 aromatic heterocycles.